The average Bonchev–Trinajstić information content (AvgIpc) is 2.96. The second kappa shape index (κ2) is 7.30. The van der Waals surface area contributed by atoms with E-state index in [9.17, 15) is 4.79 Å². The van der Waals surface area contributed by atoms with E-state index in [0.717, 1.165) is 16.7 Å². The summed E-state index contributed by atoms with van der Waals surface area (Å²) < 4.78 is 0. The van der Waals surface area contributed by atoms with Gasteiger partial charge in [0, 0.05) is 25.3 Å². The Morgan fingerprint density at radius 2 is 1.68 bits per heavy atom. The molecule has 2 aromatic rings. The lowest BCUT2D eigenvalue weighted by Gasteiger charge is -2.19. The van der Waals surface area contributed by atoms with Crippen LogP contribution in [0.3, 0.4) is 0 Å². The van der Waals surface area contributed by atoms with Crippen LogP contribution in [-0.2, 0) is 4.79 Å². The molecule has 0 fully saturated rings. The third-order valence-corrected chi connectivity index (χ3v) is 5.00. The SMILES string of the molecule is CNC(=O)C(c1ccc(Cl)cc1)c1ccc(C2=CNN(C)C2C)cc1. The van der Waals surface area contributed by atoms with Crippen LogP contribution in [0.5, 0.6) is 0 Å². The molecule has 25 heavy (non-hydrogen) atoms. The minimum Gasteiger partial charge on any atom is -0.358 e. The molecule has 0 spiro atoms. The summed E-state index contributed by atoms with van der Waals surface area (Å²) in [7, 11) is 3.68. The van der Waals surface area contributed by atoms with Gasteiger partial charge >= 0.3 is 0 Å². The van der Waals surface area contributed by atoms with E-state index in [0.29, 0.717) is 11.1 Å². The first-order valence-corrected chi connectivity index (χ1v) is 8.65. The molecule has 0 aliphatic carbocycles. The lowest BCUT2D eigenvalue weighted by atomic mass is 9.89. The summed E-state index contributed by atoms with van der Waals surface area (Å²) in [5.41, 5.74) is 7.47. The molecule has 2 atom stereocenters. The van der Waals surface area contributed by atoms with Gasteiger partial charge in [-0.05, 0) is 41.3 Å². The first kappa shape index (κ1) is 17.5. The molecule has 0 saturated heterocycles. The monoisotopic (exact) mass is 355 g/mol. The third kappa shape index (κ3) is 3.55. The molecule has 0 bridgehead atoms. The van der Waals surface area contributed by atoms with E-state index >= 15 is 0 Å². The molecule has 2 N–H and O–H groups in total. The summed E-state index contributed by atoms with van der Waals surface area (Å²) in [6.45, 7) is 2.15. The Morgan fingerprint density at radius 1 is 1.12 bits per heavy atom. The van der Waals surface area contributed by atoms with Gasteiger partial charge in [0.15, 0.2) is 0 Å². The highest BCUT2D eigenvalue weighted by molar-refractivity contribution is 6.30. The zero-order valence-corrected chi connectivity index (χ0v) is 15.3. The van der Waals surface area contributed by atoms with Crippen molar-refractivity contribution in [3.63, 3.8) is 0 Å². The van der Waals surface area contributed by atoms with Crippen molar-refractivity contribution in [1.29, 1.82) is 0 Å². The fourth-order valence-electron chi connectivity index (χ4n) is 3.10. The highest BCUT2D eigenvalue weighted by Crippen LogP contribution is 2.29. The molecule has 4 nitrogen and oxygen atoms in total. The van der Waals surface area contributed by atoms with Crippen molar-refractivity contribution >= 4 is 23.1 Å². The van der Waals surface area contributed by atoms with E-state index in [2.05, 4.69) is 34.8 Å². The van der Waals surface area contributed by atoms with Gasteiger partial charge in [0.25, 0.3) is 0 Å². The Balaban J connectivity index is 1.92. The topological polar surface area (TPSA) is 44.4 Å². The quantitative estimate of drug-likeness (QED) is 0.883. The summed E-state index contributed by atoms with van der Waals surface area (Å²) in [4.78, 5) is 12.5. The molecule has 1 heterocycles. The van der Waals surface area contributed by atoms with Gasteiger partial charge in [-0.25, -0.2) is 5.01 Å². The number of halogens is 1. The predicted molar refractivity (Wildman–Crippen MR) is 102 cm³/mol. The fourth-order valence-corrected chi connectivity index (χ4v) is 3.23. The number of hydrogen-bond donors (Lipinski definition) is 2. The zero-order valence-electron chi connectivity index (χ0n) is 14.6. The number of nitrogens with one attached hydrogen (secondary N) is 2. The number of likely N-dealkylation sites (N-methyl/N-ethyl adjacent to an activating group) is 2. The molecular formula is C20H22ClN3O. The first-order valence-electron chi connectivity index (χ1n) is 8.27. The van der Waals surface area contributed by atoms with Crippen LogP contribution in [0.25, 0.3) is 5.57 Å². The van der Waals surface area contributed by atoms with Gasteiger partial charge in [-0.3, -0.25) is 4.79 Å². The largest absolute Gasteiger partial charge is 0.358 e. The van der Waals surface area contributed by atoms with Crippen molar-refractivity contribution in [2.24, 2.45) is 0 Å². The van der Waals surface area contributed by atoms with Crippen molar-refractivity contribution in [2.75, 3.05) is 14.1 Å². The van der Waals surface area contributed by atoms with E-state index < -0.39 is 0 Å². The van der Waals surface area contributed by atoms with E-state index in [1.54, 1.807) is 7.05 Å². The molecule has 0 aromatic heterocycles. The molecule has 0 saturated carbocycles. The van der Waals surface area contributed by atoms with E-state index in [-0.39, 0.29) is 11.8 Å². The van der Waals surface area contributed by atoms with Gasteiger partial charge in [0.05, 0.1) is 12.0 Å². The number of hydrazine groups is 1. The average molecular weight is 356 g/mol. The van der Waals surface area contributed by atoms with Crippen LogP contribution in [0.4, 0.5) is 0 Å². The molecule has 130 valence electrons. The van der Waals surface area contributed by atoms with Crippen LogP contribution in [0.2, 0.25) is 5.02 Å². The number of carbonyl (C=O) groups excluding carboxylic acids is 1. The standard InChI is InChI=1S/C20H22ClN3O/c1-13-18(12-23-24(13)3)14-4-6-15(7-5-14)19(20(25)22-2)16-8-10-17(21)11-9-16/h4-13,19,23H,1-3H3,(H,22,25). The maximum Gasteiger partial charge on any atom is 0.231 e. The van der Waals surface area contributed by atoms with Crippen molar-refractivity contribution < 1.29 is 4.79 Å². The number of nitrogens with zero attached hydrogens (tertiary/aromatic N) is 1. The molecule has 2 aromatic carbocycles. The van der Waals surface area contributed by atoms with E-state index in [1.807, 2.05) is 49.6 Å². The normalized spacial score (nSPS) is 18.4. The summed E-state index contributed by atoms with van der Waals surface area (Å²) in [6, 6.07) is 15.9. The van der Waals surface area contributed by atoms with Crippen LogP contribution >= 0.6 is 11.6 Å². The summed E-state index contributed by atoms with van der Waals surface area (Å²) in [5, 5.41) is 5.48. The molecule has 1 aliphatic heterocycles. The Bertz CT molecular complexity index is 784. The molecule has 1 aliphatic rings. The zero-order chi connectivity index (χ0) is 18.0. The van der Waals surface area contributed by atoms with Crippen molar-refractivity contribution in [2.45, 2.75) is 18.9 Å². The van der Waals surface area contributed by atoms with E-state index in [1.165, 1.54) is 5.57 Å². The lowest BCUT2D eigenvalue weighted by Crippen LogP contribution is -2.31. The van der Waals surface area contributed by atoms with Crippen molar-refractivity contribution in [3.8, 4) is 0 Å². The molecule has 2 unspecified atom stereocenters. The summed E-state index contributed by atoms with van der Waals surface area (Å²) in [6.07, 6.45) is 2.02. The Labute approximate surface area is 153 Å². The highest BCUT2D eigenvalue weighted by Gasteiger charge is 2.24. The second-order valence-electron chi connectivity index (χ2n) is 6.24. The third-order valence-electron chi connectivity index (χ3n) is 4.74. The lowest BCUT2D eigenvalue weighted by molar-refractivity contribution is -0.121. The number of carbonyl (C=O) groups is 1. The van der Waals surface area contributed by atoms with Gasteiger partial charge in [-0.15, -0.1) is 0 Å². The minimum absolute atomic E-state index is 0.0371. The van der Waals surface area contributed by atoms with Gasteiger partial charge in [-0.1, -0.05) is 48.0 Å². The molecule has 5 heteroatoms. The molecule has 1 amide bonds. The number of rotatable bonds is 4. The Kier molecular flexibility index (Phi) is 5.11. The summed E-state index contributed by atoms with van der Waals surface area (Å²) >= 11 is 5.98. The second-order valence-corrected chi connectivity index (χ2v) is 6.67. The van der Waals surface area contributed by atoms with Crippen LogP contribution < -0.4 is 10.7 Å². The smallest absolute Gasteiger partial charge is 0.231 e. The van der Waals surface area contributed by atoms with Crippen molar-refractivity contribution in [1.82, 2.24) is 15.8 Å². The van der Waals surface area contributed by atoms with E-state index in [4.69, 9.17) is 11.6 Å². The van der Waals surface area contributed by atoms with Gasteiger partial charge in [0.2, 0.25) is 5.91 Å². The van der Waals surface area contributed by atoms with Crippen LogP contribution in [0.1, 0.15) is 29.5 Å². The fraction of sp³-hybridized carbons (Fsp3) is 0.250. The van der Waals surface area contributed by atoms with Gasteiger partial charge in [0.1, 0.15) is 0 Å². The predicted octanol–water partition coefficient (Wildman–Crippen LogP) is 3.40. The minimum atomic E-state index is -0.355. The Hall–Kier alpha value is -2.30. The van der Waals surface area contributed by atoms with Crippen LogP contribution in [0.15, 0.2) is 54.7 Å². The first-order chi connectivity index (χ1) is 12.0. The van der Waals surface area contributed by atoms with Crippen LogP contribution in [-0.4, -0.2) is 31.1 Å². The molecular weight excluding hydrogens is 334 g/mol. The van der Waals surface area contributed by atoms with Gasteiger partial charge in [-0.2, -0.15) is 0 Å². The molecule has 0 radical (unpaired) electrons. The summed E-state index contributed by atoms with van der Waals surface area (Å²) in [5.74, 6) is -0.392. The maximum absolute atomic E-state index is 12.5. The van der Waals surface area contributed by atoms with Gasteiger partial charge < -0.3 is 10.7 Å². The van der Waals surface area contributed by atoms with Crippen LogP contribution in [0, 0.1) is 0 Å². The number of amides is 1. The number of benzene rings is 2. The highest BCUT2D eigenvalue weighted by atomic mass is 35.5. The molecule has 3 rings (SSSR count). The maximum atomic E-state index is 12.5. The Morgan fingerprint density at radius 3 is 2.16 bits per heavy atom. The number of hydrogen-bond acceptors (Lipinski definition) is 3. The van der Waals surface area contributed by atoms with Crippen molar-refractivity contribution in [3.05, 3.63) is 76.4 Å².